The molecule has 0 amide bonds. The van der Waals surface area contributed by atoms with E-state index in [0.717, 1.165) is 12.8 Å². The molecule has 13 heavy (non-hydrogen) atoms. The van der Waals surface area contributed by atoms with Crippen molar-refractivity contribution in [1.82, 2.24) is 0 Å². The molecule has 3 nitrogen and oxygen atoms in total. The van der Waals surface area contributed by atoms with Gasteiger partial charge in [0.25, 0.3) is 0 Å². The van der Waals surface area contributed by atoms with Crippen molar-refractivity contribution < 1.29 is 9.52 Å². The maximum Gasteiger partial charge on any atom is 0.134 e. The molecular weight excluding hydrogens is 166 g/mol. The maximum absolute atomic E-state index is 9.93. The number of furan rings is 1. The lowest BCUT2D eigenvalue weighted by molar-refractivity contribution is 0.0611. The van der Waals surface area contributed by atoms with Crippen molar-refractivity contribution in [2.45, 2.75) is 31.4 Å². The van der Waals surface area contributed by atoms with Gasteiger partial charge in [-0.2, -0.15) is 0 Å². The van der Waals surface area contributed by atoms with Crippen molar-refractivity contribution in [2.24, 2.45) is 11.7 Å². The highest BCUT2D eigenvalue weighted by Crippen LogP contribution is 2.44. The van der Waals surface area contributed by atoms with Crippen LogP contribution in [0.2, 0.25) is 0 Å². The van der Waals surface area contributed by atoms with Crippen LogP contribution in [-0.4, -0.2) is 10.6 Å². The highest BCUT2D eigenvalue weighted by atomic mass is 16.4. The topological polar surface area (TPSA) is 59.4 Å². The Morgan fingerprint density at radius 2 is 2.38 bits per heavy atom. The second-order valence-corrected chi connectivity index (χ2v) is 4.06. The summed E-state index contributed by atoms with van der Waals surface area (Å²) in [5, 5.41) is 9.93. The van der Waals surface area contributed by atoms with Gasteiger partial charge in [0.05, 0.1) is 6.26 Å². The second-order valence-electron chi connectivity index (χ2n) is 4.06. The zero-order chi connectivity index (χ0) is 9.47. The van der Waals surface area contributed by atoms with E-state index in [0.29, 0.717) is 11.7 Å². The van der Waals surface area contributed by atoms with Crippen LogP contribution in [0.25, 0.3) is 0 Å². The van der Waals surface area contributed by atoms with E-state index < -0.39 is 11.6 Å². The Kier molecular flexibility index (Phi) is 1.93. The number of hydrogen-bond acceptors (Lipinski definition) is 3. The summed E-state index contributed by atoms with van der Waals surface area (Å²) in [6, 6.07) is 3.53. The van der Waals surface area contributed by atoms with Gasteiger partial charge in [-0.1, -0.05) is 0 Å². The molecule has 3 N–H and O–H groups in total. The molecule has 1 aromatic rings. The van der Waals surface area contributed by atoms with E-state index in [1.165, 1.54) is 0 Å². The summed E-state index contributed by atoms with van der Waals surface area (Å²) in [6.07, 6.45) is 3.10. The fourth-order valence-corrected chi connectivity index (χ4v) is 1.68. The van der Waals surface area contributed by atoms with Gasteiger partial charge in [-0.05, 0) is 37.8 Å². The summed E-state index contributed by atoms with van der Waals surface area (Å²) in [5.74, 6) is 1.00. The first-order valence-electron chi connectivity index (χ1n) is 4.62. The third kappa shape index (κ3) is 1.49. The highest BCUT2D eigenvalue weighted by molar-refractivity contribution is 5.12. The molecule has 1 aliphatic carbocycles. The van der Waals surface area contributed by atoms with Crippen LogP contribution in [0.4, 0.5) is 0 Å². The lowest BCUT2D eigenvalue weighted by Crippen LogP contribution is -2.44. The Bertz CT molecular complexity index is 275. The van der Waals surface area contributed by atoms with Crippen LogP contribution < -0.4 is 5.73 Å². The van der Waals surface area contributed by atoms with Gasteiger partial charge < -0.3 is 15.3 Å². The van der Waals surface area contributed by atoms with Gasteiger partial charge in [-0.15, -0.1) is 0 Å². The van der Waals surface area contributed by atoms with Gasteiger partial charge in [0.15, 0.2) is 0 Å². The van der Waals surface area contributed by atoms with Crippen LogP contribution in [0.1, 0.15) is 31.6 Å². The molecular formula is C10H15NO2. The van der Waals surface area contributed by atoms with E-state index in [9.17, 15) is 5.11 Å². The fraction of sp³-hybridized carbons (Fsp3) is 0.600. The van der Waals surface area contributed by atoms with E-state index in [4.69, 9.17) is 10.2 Å². The first-order chi connectivity index (χ1) is 6.12. The van der Waals surface area contributed by atoms with Crippen LogP contribution in [-0.2, 0) is 0 Å². The first-order valence-corrected chi connectivity index (χ1v) is 4.62. The summed E-state index contributed by atoms with van der Waals surface area (Å²) >= 11 is 0. The SMILES string of the molecule is CC(N)(C1CC1)C(O)c1ccco1. The van der Waals surface area contributed by atoms with Gasteiger partial charge >= 0.3 is 0 Å². The van der Waals surface area contributed by atoms with Crippen LogP contribution in [0.3, 0.4) is 0 Å². The van der Waals surface area contributed by atoms with Gasteiger partial charge in [0.2, 0.25) is 0 Å². The summed E-state index contributed by atoms with van der Waals surface area (Å²) in [6.45, 7) is 1.89. The van der Waals surface area contributed by atoms with Crippen molar-refractivity contribution in [2.75, 3.05) is 0 Å². The number of hydrogen-bond donors (Lipinski definition) is 2. The molecule has 1 heterocycles. The summed E-state index contributed by atoms with van der Waals surface area (Å²) in [7, 11) is 0. The van der Waals surface area contributed by atoms with E-state index in [1.807, 2.05) is 6.92 Å². The fourth-order valence-electron chi connectivity index (χ4n) is 1.68. The maximum atomic E-state index is 9.93. The van der Waals surface area contributed by atoms with Crippen molar-refractivity contribution in [3.63, 3.8) is 0 Å². The summed E-state index contributed by atoms with van der Waals surface area (Å²) in [4.78, 5) is 0. The molecule has 2 atom stereocenters. The molecule has 0 aliphatic heterocycles. The molecule has 1 aliphatic rings. The smallest absolute Gasteiger partial charge is 0.134 e. The lowest BCUT2D eigenvalue weighted by Gasteiger charge is -2.28. The second kappa shape index (κ2) is 2.86. The molecule has 2 unspecified atom stereocenters. The average molecular weight is 181 g/mol. The number of aliphatic hydroxyl groups is 1. The molecule has 0 radical (unpaired) electrons. The molecule has 0 bridgehead atoms. The summed E-state index contributed by atoms with van der Waals surface area (Å²) < 4.78 is 5.13. The molecule has 3 heteroatoms. The zero-order valence-corrected chi connectivity index (χ0v) is 7.73. The molecule has 0 saturated heterocycles. The van der Waals surface area contributed by atoms with Crippen molar-refractivity contribution >= 4 is 0 Å². The summed E-state index contributed by atoms with van der Waals surface area (Å²) in [5.41, 5.74) is 5.50. The van der Waals surface area contributed by atoms with Crippen molar-refractivity contribution in [1.29, 1.82) is 0 Å². The minimum atomic E-state index is -0.685. The number of nitrogens with two attached hydrogens (primary N) is 1. The predicted octanol–water partition coefficient (Wildman–Crippen LogP) is 1.44. The molecule has 1 aromatic heterocycles. The minimum absolute atomic E-state index is 0.438. The number of rotatable bonds is 3. The van der Waals surface area contributed by atoms with Gasteiger partial charge in [0, 0.05) is 5.54 Å². The Balaban J connectivity index is 2.15. The predicted molar refractivity (Wildman–Crippen MR) is 49.0 cm³/mol. The third-order valence-electron chi connectivity index (χ3n) is 2.86. The van der Waals surface area contributed by atoms with Crippen LogP contribution in [0.5, 0.6) is 0 Å². The largest absolute Gasteiger partial charge is 0.467 e. The number of aliphatic hydroxyl groups excluding tert-OH is 1. The van der Waals surface area contributed by atoms with E-state index in [2.05, 4.69) is 0 Å². The first kappa shape index (κ1) is 8.78. The standard InChI is InChI=1S/C10H15NO2/c1-10(11,7-4-5-7)9(12)8-3-2-6-13-8/h2-3,6-7,9,12H,4-5,11H2,1H3. The molecule has 1 fully saturated rings. The lowest BCUT2D eigenvalue weighted by atomic mass is 9.89. The van der Waals surface area contributed by atoms with Crippen molar-refractivity contribution in [3.05, 3.63) is 24.2 Å². The van der Waals surface area contributed by atoms with Crippen LogP contribution >= 0.6 is 0 Å². The monoisotopic (exact) mass is 181 g/mol. The van der Waals surface area contributed by atoms with E-state index in [1.54, 1.807) is 18.4 Å². The van der Waals surface area contributed by atoms with E-state index in [-0.39, 0.29) is 0 Å². The van der Waals surface area contributed by atoms with Crippen LogP contribution in [0.15, 0.2) is 22.8 Å². The minimum Gasteiger partial charge on any atom is -0.467 e. The van der Waals surface area contributed by atoms with Gasteiger partial charge in [-0.3, -0.25) is 0 Å². The Labute approximate surface area is 77.5 Å². The van der Waals surface area contributed by atoms with Gasteiger partial charge in [-0.25, -0.2) is 0 Å². The average Bonchev–Trinajstić information content (AvgIpc) is 2.82. The quantitative estimate of drug-likeness (QED) is 0.741. The van der Waals surface area contributed by atoms with Gasteiger partial charge in [0.1, 0.15) is 11.9 Å². The Morgan fingerprint density at radius 3 is 2.85 bits per heavy atom. The molecule has 0 aromatic carbocycles. The Hall–Kier alpha value is -0.800. The van der Waals surface area contributed by atoms with E-state index >= 15 is 0 Å². The zero-order valence-electron chi connectivity index (χ0n) is 7.73. The third-order valence-corrected chi connectivity index (χ3v) is 2.86. The normalized spacial score (nSPS) is 23.9. The molecule has 1 saturated carbocycles. The highest BCUT2D eigenvalue weighted by Gasteiger charge is 2.45. The van der Waals surface area contributed by atoms with Crippen molar-refractivity contribution in [3.8, 4) is 0 Å². The van der Waals surface area contributed by atoms with Crippen LogP contribution in [0, 0.1) is 5.92 Å². The molecule has 0 spiro atoms. The molecule has 72 valence electrons. The molecule has 2 rings (SSSR count). The Morgan fingerprint density at radius 1 is 1.69 bits per heavy atom.